The van der Waals surface area contributed by atoms with Gasteiger partial charge >= 0.3 is 12.0 Å². The number of thiophene rings is 1. The van der Waals surface area contributed by atoms with Gasteiger partial charge in [0.1, 0.15) is 0 Å². The Bertz CT molecular complexity index is 903. The number of ether oxygens (including phenoxy) is 1. The normalized spacial score (nSPS) is 10.5. The van der Waals surface area contributed by atoms with Crippen LogP contribution in [0.3, 0.4) is 0 Å². The first-order valence-corrected chi connectivity index (χ1v) is 9.19. The molecule has 2 N–H and O–H groups in total. The number of methoxy groups -OCH3 is 1. The average Bonchev–Trinajstić information content (AvgIpc) is 3.09. The van der Waals surface area contributed by atoms with Crippen molar-refractivity contribution in [2.75, 3.05) is 13.7 Å². The van der Waals surface area contributed by atoms with Crippen LogP contribution in [0.5, 0.6) is 0 Å². The van der Waals surface area contributed by atoms with Crippen molar-refractivity contribution >= 4 is 33.4 Å². The highest BCUT2D eigenvalue weighted by atomic mass is 32.1. The lowest BCUT2D eigenvalue weighted by atomic mass is 10.1. The summed E-state index contributed by atoms with van der Waals surface area (Å²) in [5.74, 6) is -0.372. The summed E-state index contributed by atoms with van der Waals surface area (Å²) in [6.07, 6.45) is 0.797. The molecule has 26 heavy (non-hydrogen) atoms. The summed E-state index contributed by atoms with van der Waals surface area (Å²) in [6.45, 7) is 0.975. The third-order valence-electron chi connectivity index (χ3n) is 4.07. The summed E-state index contributed by atoms with van der Waals surface area (Å²) < 4.78 is 5.92. The first-order valence-electron chi connectivity index (χ1n) is 8.31. The Labute approximate surface area is 156 Å². The van der Waals surface area contributed by atoms with Crippen LogP contribution in [0.4, 0.5) is 4.79 Å². The Morgan fingerprint density at radius 2 is 1.81 bits per heavy atom. The smallest absolute Gasteiger partial charge is 0.337 e. The number of carbonyl (C=O) groups excluding carboxylic acids is 2. The van der Waals surface area contributed by atoms with Gasteiger partial charge in [-0.25, -0.2) is 9.59 Å². The lowest BCUT2D eigenvalue weighted by molar-refractivity contribution is 0.0600. The number of esters is 1. The highest BCUT2D eigenvalue weighted by Crippen LogP contribution is 2.25. The van der Waals surface area contributed by atoms with Crippen LogP contribution in [-0.2, 0) is 17.7 Å². The van der Waals surface area contributed by atoms with Gasteiger partial charge in [0.05, 0.1) is 12.7 Å². The number of fused-ring (bicyclic) bond motifs is 1. The van der Waals surface area contributed by atoms with Crippen LogP contribution in [0.25, 0.3) is 10.1 Å². The minimum atomic E-state index is -0.372. The highest BCUT2D eigenvalue weighted by molar-refractivity contribution is 7.17. The van der Waals surface area contributed by atoms with E-state index < -0.39 is 0 Å². The lowest BCUT2D eigenvalue weighted by Gasteiger charge is -2.08. The number of urea groups is 1. The highest BCUT2D eigenvalue weighted by Gasteiger charge is 2.06. The fourth-order valence-corrected chi connectivity index (χ4v) is 3.66. The molecule has 0 spiro atoms. The topological polar surface area (TPSA) is 67.4 Å². The fourth-order valence-electron chi connectivity index (χ4n) is 2.66. The molecule has 0 fully saturated rings. The van der Waals surface area contributed by atoms with Gasteiger partial charge in [0, 0.05) is 17.8 Å². The molecule has 0 aliphatic carbocycles. The van der Waals surface area contributed by atoms with Gasteiger partial charge in [-0.1, -0.05) is 30.3 Å². The van der Waals surface area contributed by atoms with E-state index in [9.17, 15) is 9.59 Å². The molecule has 2 amide bonds. The van der Waals surface area contributed by atoms with Crippen molar-refractivity contribution < 1.29 is 14.3 Å². The van der Waals surface area contributed by atoms with Gasteiger partial charge in [-0.3, -0.25) is 0 Å². The summed E-state index contributed by atoms with van der Waals surface area (Å²) in [7, 11) is 1.35. The molecule has 0 unspecified atom stereocenters. The number of hydrogen-bond donors (Lipinski definition) is 2. The zero-order chi connectivity index (χ0) is 18.4. The predicted octanol–water partition coefficient (Wildman–Crippen LogP) is 3.73. The molecule has 0 saturated heterocycles. The molecule has 0 aliphatic heterocycles. The van der Waals surface area contributed by atoms with Gasteiger partial charge < -0.3 is 15.4 Å². The van der Waals surface area contributed by atoms with Gasteiger partial charge in [-0.15, -0.1) is 11.3 Å². The van der Waals surface area contributed by atoms with Crippen molar-refractivity contribution in [1.82, 2.24) is 10.6 Å². The Balaban J connectivity index is 1.43. The number of benzene rings is 2. The molecule has 0 atom stereocenters. The molecular weight excluding hydrogens is 348 g/mol. The van der Waals surface area contributed by atoms with Crippen molar-refractivity contribution in [1.29, 1.82) is 0 Å². The molecule has 0 aliphatic rings. The van der Waals surface area contributed by atoms with Crippen molar-refractivity contribution in [3.63, 3.8) is 0 Å². The maximum absolute atomic E-state index is 11.9. The molecule has 1 aromatic heterocycles. The van der Waals surface area contributed by atoms with E-state index in [0.717, 1.165) is 12.0 Å². The van der Waals surface area contributed by atoms with Crippen molar-refractivity contribution in [3.8, 4) is 0 Å². The molecule has 1 heterocycles. The third-order valence-corrected chi connectivity index (χ3v) is 5.08. The van der Waals surface area contributed by atoms with Crippen LogP contribution in [-0.4, -0.2) is 25.7 Å². The largest absolute Gasteiger partial charge is 0.465 e. The number of amides is 2. The number of carbonyl (C=O) groups is 2. The average molecular weight is 368 g/mol. The first-order chi connectivity index (χ1) is 12.7. The molecule has 5 nitrogen and oxygen atoms in total. The maximum Gasteiger partial charge on any atom is 0.337 e. The van der Waals surface area contributed by atoms with Crippen LogP contribution in [0, 0.1) is 0 Å². The molecule has 0 bridgehead atoms. The second kappa shape index (κ2) is 8.49. The van der Waals surface area contributed by atoms with E-state index in [1.54, 1.807) is 35.6 Å². The molecular formula is C20H20N2O3S. The quantitative estimate of drug-likeness (QED) is 0.652. The summed E-state index contributed by atoms with van der Waals surface area (Å²) in [6, 6.07) is 15.0. The maximum atomic E-state index is 11.9. The second-order valence-corrected chi connectivity index (χ2v) is 6.72. The number of hydrogen-bond acceptors (Lipinski definition) is 4. The van der Waals surface area contributed by atoms with Gasteiger partial charge in [-0.2, -0.15) is 0 Å². The molecule has 2 aromatic carbocycles. The third kappa shape index (κ3) is 4.40. The summed E-state index contributed by atoms with van der Waals surface area (Å²) in [5.41, 5.74) is 2.66. The molecule has 6 heteroatoms. The van der Waals surface area contributed by atoms with E-state index in [-0.39, 0.29) is 12.0 Å². The SMILES string of the molecule is COC(=O)c1ccc(CNC(=O)NCCc2csc3ccccc23)cc1. The Kier molecular flexibility index (Phi) is 5.86. The van der Waals surface area contributed by atoms with Crippen LogP contribution < -0.4 is 10.6 Å². The lowest BCUT2D eigenvalue weighted by Crippen LogP contribution is -2.36. The summed E-state index contributed by atoms with van der Waals surface area (Å²) in [4.78, 5) is 23.3. The van der Waals surface area contributed by atoms with E-state index in [1.165, 1.54) is 22.8 Å². The first kappa shape index (κ1) is 17.9. The predicted molar refractivity (Wildman–Crippen MR) is 104 cm³/mol. The van der Waals surface area contributed by atoms with Gasteiger partial charge in [0.15, 0.2) is 0 Å². The Morgan fingerprint density at radius 1 is 1.04 bits per heavy atom. The van der Waals surface area contributed by atoms with Gasteiger partial charge in [0.25, 0.3) is 0 Å². The van der Waals surface area contributed by atoms with Crippen molar-refractivity contribution in [2.24, 2.45) is 0 Å². The van der Waals surface area contributed by atoms with E-state index in [4.69, 9.17) is 0 Å². The zero-order valence-electron chi connectivity index (χ0n) is 14.5. The monoisotopic (exact) mass is 368 g/mol. The van der Waals surface area contributed by atoms with Crippen LogP contribution in [0.15, 0.2) is 53.9 Å². The molecule has 3 aromatic rings. The van der Waals surface area contributed by atoms with Crippen LogP contribution in [0.1, 0.15) is 21.5 Å². The standard InChI is InChI=1S/C20H20N2O3S/c1-25-19(23)15-8-6-14(7-9-15)12-22-20(24)21-11-10-16-13-26-18-5-3-2-4-17(16)18/h2-9,13H,10-12H2,1H3,(H2,21,22,24). The second-order valence-electron chi connectivity index (χ2n) is 5.81. The summed E-state index contributed by atoms with van der Waals surface area (Å²) >= 11 is 1.72. The summed E-state index contributed by atoms with van der Waals surface area (Å²) in [5, 5.41) is 9.09. The minimum Gasteiger partial charge on any atom is -0.465 e. The molecule has 134 valence electrons. The molecule has 0 saturated carbocycles. The van der Waals surface area contributed by atoms with Crippen molar-refractivity contribution in [2.45, 2.75) is 13.0 Å². The number of rotatable bonds is 6. The Hall–Kier alpha value is -2.86. The molecule has 3 rings (SSSR count). The zero-order valence-corrected chi connectivity index (χ0v) is 15.3. The van der Waals surface area contributed by atoms with Gasteiger partial charge in [0.2, 0.25) is 0 Å². The van der Waals surface area contributed by atoms with E-state index in [2.05, 4.69) is 32.9 Å². The van der Waals surface area contributed by atoms with Gasteiger partial charge in [-0.05, 0) is 46.5 Å². The molecule has 0 radical (unpaired) electrons. The minimum absolute atomic E-state index is 0.207. The Morgan fingerprint density at radius 3 is 2.58 bits per heavy atom. The van der Waals surface area contributed by atoms with E-state index in [0.29, 0.717) is 18.7 Å². The van der Waals surface area contributed by atoms with Crippen LogP contribution in [0.2, 0.25) is 0 Å². The fraction of sp³-hybridized carbons (Fsp3) is 0.200. The van der Waals surface area contributed by atoms with E-state index in [1.807, 2.05) is 12.1 Å². The van der Waals surface area contributed by atoms with Crippen LogP contribution >= 0.6 is 11.3 Å². The van der Waals surface area contributed by atoms with Crippen molar-refractivity contribution in [3.05, 3.63) is 70.6 Å². The number of nitrogens with one attached hydrogen (secondary N) is 2. The van der Waals surface area contributed by atoms with E-state index >= 15 is 0 Å².